The van der Waals surface area contributed by atoms with Gasteiger partial charge in [0.25, 0.3) is 0 Å². The summed E-state index contributed by atoms with van der Waals surface area (Å²) in [5, 5.41) is 0. The molecule has 1 fully saturated rings. The molecule has 0 spiro atoms. The molecule has 0 aromatic heterocycles. The number of ether oxygens (including phenoxy) is 1. The van der Waals surface area contributed by atoms with Crippen molar-refractivity contribution in [2.24, 2.45) is 0 Å². The summed E-state index contributed by atoms with van der Waals surface area (Å²) in [6, 6.07) is 0. The summed E-state index contributed by atoms with van der Waals surface area (Å²) >= 11 is 0. The Morgan fingerprint density at radius 1 is 1.54 bits per heavy atom. The van der Waals surface area contributed by atoms with E-state index in [1.54, 1.807) is 25.8 Å². The SMILES string of the molecule is COC(=O)N1C(=O)CN(C)C1(C)C. The highest BCUT2D eigenvalue weighted by Gasteiger charge is 2.46. The zero-order valence-corrected chi connectivity index (χ0v) is 8.33. The second-order valence-corrected chi connectivity index (χ2v) is 3.55. The lowest BCUT2D eigenvalue weighted by Gasteiger charge is -2.32. The molecule has 0 aromatic carbocycles. The highest BCUT2D eigenvalue weighted by atomic mass is 16.5. The van der Waals surface area contributed by atoms with E-state index in [2.05, 4.69) is 4.74 Å². The maximum Gasteiger partial charge on any atom is 0.417 e. The zero-order valence-electron chi connectivity index (χ0n) is 8.33. The van der Waals surface area contributed by atoms with E-state index in [-0.39, 0.29) is 12.5 Å². The molecule has 0 N–H and O–H groups in total. The standard InChI is InChI=1S/C8H14N2O3/c1-8(2)9(3)5-6(11)10(8)7(12)13-4/h5H2,1-4H3. The number of carbonyl (C=O) groups is 2. The molecule has 1 saturated heterocycles. The minimum Gasteiger partial charge on any atom is -0.452 e. The van der Waals surface area contributed by atoms with Crippen LogP contribution in [-0.2, 0) is 9.53 Å². The van der Waals surface area contributed by atoms with Crippen LogP contribution >= 0.6 is 0 Å². The molecule has 0 aromatic rings. The normalized spacial score (nSPS) is 22.2. The van der Waals surface area contributed by atoms with Gasteiger partial charge in [0.05, 0.1) is 13.7 Å². The summed E-state index contributed by atoms with van der Waals surface area (Å²) in [6.07, 6.45) is -0.598. The molecule has 1 heterocycles. The summed E-state index contributed by atoms with van der Waals surface area (Å²) in [4.78, 5) is 25.6. The number of hydrogen-bond donors (Lipinski definition) is 0. The van der Waals surface area contributed by atoms with E-state index in [1.807, 2.05) is 0 Å². The molecule has 5 nitrogen and oxygen atoms in total. The second-order valence-electron chi connectivity index (χ2n) is 3.55. The van der Waals surface area contributed by atoms with Gasteiger partial charge in [-0.15, -0.1) is 0 Å². The minimum absolute atomic E-state index is 0.223. The molecule has 0 bridgehead atoms. The molecular weight excluding hydrogens is 172 g/mol. The number of likely N-dealkylation sites (N-methyl/N-ethyl adjacent to an activating group) is 1. The van der Waals surface area contributed by atoms with Gasteiger partial charge >= 0.3 is 6.09 Å². The Labute approximate surface area is 77.2 Å². The van der Waals surface area contributed by atoms with Crippen LogP contribution in [0.4, 0.5) is 4.79 Å². The topological polar surface area (TPSA) is 49.9 Å². The first-order valence-electron chi connectivity index (χ1n) is 4.03. The monoisotopic (exact) mass is 186 g/mol. The molecule has 2 amide bonds. The number of amides is 2. The molecule has 0 radical (unpaired) electrons. The van der Waals surface area contributed by atoms with E-state index in [9.17, 15) is 9.59 Å². The van der Waals surface area contributed by atoms with E-state index >= 15 is 0 Å². The predicted molar refractivity (Wildman–Crippen MR) is 46.0 cm³/mol. The fourth-order valence-electron chi connectivity index (χ4n) is 1.36. The first-order chi connectivity index (χ1) is 5.91. The van der Waals surface area contributed by atoms with E-state index in [4.69, 9.17) is 0 Å². The van der Waals surface area contributed by atoms with Crippen molar-refractivity contribution < 1.29 is 14.3 Å². The van der Waals surface area contributed by atoms with Crippen molar-refractivity contribution >= 4 is 12.0 Å². The largest absolute Gasteiger partial charge is 0.452 e. The third-order valence-electron chi connectivity index (χ3n) is 2.46. The van der Waals surface area contributed by atoms with Crippen LogP contribution in [0, 0.1) is 0 Å². The van der Waals surface area contributed by atoms with Gasteiger partial charge in [-0.2, -0.15) is 0 Å². The lowest BCUT2D eigenvalue weighted by atomic mass is 10.2. The van der Waals surface area contributed by atoms with Crippen LogP contribution in [0.3, 0.4) is 0 Å². The Bertz CT molecular complexity index is 242. The molecule has 0 unspecified atom stereocenters. The van der Waals surface area contributed by atoms with Crippen LogP contribution < -0.4 is 0 Å². The van der Waals surface area contributed by atoms with E-state index < -0.39 is 11.8 Å². The summed E-state index contributed by atoms with van der Waals surface area (Å²) in [7, 11) is 3.06. The van der Waals surface area contributed by atoms with Crippen LogP contribution in [0.25, 0.3) is 0 Å². The Morgan fingerprint density at radius 3 is 2.38 bits per heavy atom. The van der Waals surface area contributed by atoms with Crippen LogP contribution in [0.5, 0.6) is 0 Å². The fourth-order valence-corrected chi connectivity index (χ4v) is 1.36. The molecule has 0 saturated carbocycles. The maximum absolute atomic E-state index is 11.4. The number of carbonyl (C=O) groups excluding carboxylic acids is 2. The molecule has 1 aliphatic heterocycles. The van der Waals surface area contributed by atoms with Crippen molar-refractivity contribution in [3.63, 3.8) is 0 Å². The third kappa shape index (κ3) is 1.39. The highest BCUT2D eigenvalue weighted by molar-refractivity contribution is 5.95. The molecule has 0 atom stereocenters. The van der Waals surface area contributed by atoms with Gasteiger partial charge < -0.3 is 4.74 Å². The highest BCUT2D eigenvalue weighted by Crippen LogP contribution is 2.25. The average molecular weight is 186 g/mol. The minimum atomic E-state index is -0.598. The van der Waals surface area contributed by atoms with Crippen molar-refractivity contribution in [2.45, 2.75) is 19.5 Å². The van der Waals surface area contributed by atoms with Crippen molar-refractivity contribution in [1.82, 2.24) is 9.80 Å². The van der Waals surface area contributed by atoms with Gasteiger partial charge in [0, 0.05) is 0 Å². The second kappa shape index (κ2) is 2.99. The van der Waals surface area contributed by atoms with Crippen LogP contribution in [0.1, 0.15) is 13.8 Å². The van der Waals surface area contributed by atoms with E-state index in [0.717, 1.165) is 4.90 Å². The predicted octanol–water partition coefficient (Wildman–Crippen LogP) is 0.263. The summed E-state index contributed by atoms with van der Waals surface area (Å²) in [6.45, 7) is 3.85. The van der Waals surface area contributed by atoms with Gasteiger partial charge in [-0.05, 0) is 20.9 Å². The zero-order chi connectivity index (χ0) is 10.2. The molecule has 1 rings (SSSR count). The van der Waals surface area contributed by atoms with Crippen molar-refractivity contribution in [1.29, 1.82) is 0 Å². The van der Waals surface area contributed by atoms with Gasteiger partial charge in [-0.1, -0.05) is 0 Å². The average Bonchev–Trinajstić information content (AvgIpc) is 2.21. The van der Waals surface area contributed by atoms with Gasteiger partial charge in [-0.25, -0.2) is 9.69 Å². The summed E-state index contributed by atoms with van der Waals surface area (Å²) in [5.41, 5.74) is -0.593. The van der Waals surface area contributed by atoms with Gasteiger partial charge in [0.1, 0.15) is 5.66 Å². The summed E-state index contributed by atoms with van der Waals surface area (Å²) < 4.78 is 4.53. The quantitative estimate of drug-likeness (QED) is 0.544. The van der Waals surface area contributed by atoms with E-state index in [1.165, 1.54) is 7.11 Å². The Morgan fingerprint density at radius 2 is 2.08 bits per heavy atom. The van der Waals surface area contributed by atoms with Gasteiger partial charge in [0.15, 0.2) is 0 Å². The Kier molecular flexibility index (Phi) is 2.30. The molecule has 0 aliphatic carbocycles. The van der Waals surface area contributed by atoms with Crippen LogP contribution in [0.2, 0.25) is 0 Å². The molecular formula is C8H14N2O3. The lowest BCUT2D eigenvalue weighted by Crippen LogP contribution is -2.50. The smallest absolute Gasteiger partial charge is 0.417 e. The van der Waals surface area contributed by atoms with Crippen LogP contribution in [0.15, 0.2) is 0 Å². The lowest BCUT2D eigenvalue weighted by molar-refractivity contribution is -0.127. The van der Waals surface area contributed by atoms with Crippen molar-refractivity contribution in [3.05, 3.63) is 0 Å². The number of methoxy groups -OCH3 is 1. The first kappa shape index (κ1) is 9.98. The summed E-state index contributed by atoms with van der Waals surface area (Å²) in [5.74, 6) is -0.223. The molecule has 5 heteroatoms. The Hall–Kier alpha value is -1.10. The maximum atomic E-state index is 11.4. The number of hydrogen-bond acceptors (Lipinski definition) is 4. The third-order valence-corrected chi connectivity index (χ3v) is 2.46. The number of nitrogens with zero attached hydrogens (tertiary/aromatic N) is 2. The Balaban J connectivity index is 2.95. The van der Waals surface area contributed by atoms with Crippen molar-refractivity contribution in [3.8, 4) is 0 Å². The molecule has 74 valence electrons. The van der Waals surface area contributed by atoms with Gasteiger partial charge in [-0.3, -0.25) is 9.69 Å². The first-order valence-corrected chi connectivity index (χ1v) is 4.03. The van der Waals surface area contributed by atoms with E-state index in [0.29, 0.717) is 0 Å². The van der Waals surface area contributed by atoms with Gasteiger partial charge in [0.2, 0.25) is 5.91 Å². The number of rotatable bonds is 0. The molecule has 13 heavy (non-hydrogen) atoms. The fraction of sp³-hybridized carbons (Fsp3) is 0.750. The number of imide groups is 1. The van der Waals surface area contributed by atoms with Crippen molar-refractivity contribution in [2.75, 3.05) is 20.7 Å². The molecule has 1 aliphatic rings. The van der Waals surface area contributed by atoms with Crippen LogP contribution in [-0.4, -0.2) is 48.2 Å².